The molecular weight excluding hydrogens is 278 g/mol. The average Bonchev–Trinajstić information content (AvgIpc) is 2.88. The molecule has 2 fully saturated rings. The maximum absolute atomic E-state index is 12.6. The standard InChI is InChI=1S/C18H21NO3/c1-19-7-6-18-12-4-5-14(21)17(18)22-16-11(9-20)3-2-10(15(16)18)8-13(12)19/h2-3,12-13,17,20H,4-9H2,1H3/t12?,13?,17?,18-/m0/s1. The summed E-state index contributed by atoms with van der Waals surface area (Å²) in [4.78, 5) is 15.1. The highest BCUT2D eigenvalue weighted by molar-refractivity contribution is 5.89. The number of benzene rings is 1. The summed E-state index contributed by atoms with van der Waals surface area (Å²) in [7, 11) is 2.22. The van der Waals surface area contributed by atoms with Crippen molar-refractivity contribution < 1.29 is 14.6 Å². The highest BCUT2D eigenvalue weighted by Crippen LogP contribution is 2.61. The lowest BCUT2D eigenvalue weighted by molar-refractivity contribution is -0.138. The number of hydrogen-bond donors (Lipinski definition) is 1. The first kappa shape index (κ1) is 13.1. The van der Waals surface area contributed by atoms with Crippen molar-refractivity contribution in [2.45, 2.75) is 49.9 Å². The van der Waals surface area contributed by atoms with Gasteiger partial charge in [-0.2, -0.15) is 0 Å². The smallest absolute Gasteiger partial charge is 0.174 e. The fourth-order valence-electron chi connectivity index (χ4n) is 5.71. The number of piperidine rings is 1. The van der Waals surface area contributed by atoms with E-state index in [1.54, 1.807) is 0 Å². The molecule has 0 radical (unpaired) electrons. The second-order valence-electron chi connectivity index (χ2n) is 7.40. The topological polar surface area (TPSA) is 49.8 Å². The minimum Gasteiger partial charge on any atom is -0.481 e. The lowest BCUT2D eigenvalue weighted by Crippen LogP contribution is -2.65. The Hall–Kier alpha value is -1.39. The molecule has 4 atom stereocenters. The summed E-state index contributed by atoms with van der Waals surface area (Å²) in [5.74, 6) is 1.59. The number of hydrogen-bond acceptors (Lipinski definition) is 4. The summed E-state index contributed by atoms with van der Waals surface area (Å²) in [6.45, 7) is 1.00. The van der Waals surface area contributed by atoms with E-state index in [-0.39, 0.29) is 23.9 Å². The summed E-state index contributed by atoms with van der Waals surface area (Å²) >= 11 is 0. The number of aliphatic hydroxyl groups is 1. The fraction of sp³-hybridized carbons (Fsp3) is 0.611. The van der Waals surface area contributed by atoms with E-state index >= 15 is 0 Å². The Morgan fingerprint density at radius 3 is 3.14 bits per heavy atom. The average molecular weight is 299 g/mol. The van der Waals surface area contributed by atoms with Gasteiger partial charge in [0.15, 0.2) is 11.9 Å². The molecule has 2 bridgehead atoms. The van der Waals surface area contributed by atoms with Gasteiger partial charge in [-0.05, 0) is 44.3 Å². The molecule has 5 rings (SSSR count). The van der Waals surface area contributed by atoms with Gasteiger partial charge in [-0.1, -0.05) is 12.1 Å². The molecule has 1 spiro atoms. The molecule has 1 saturated heterocycles. The molecule has 116 valence electrons. The number of rotatable bonds is 1. The first-order valence-corrected chi connectivity index (χ1v) is 8.32. The zero-order valence-electron chi connectivity index (χ0n) is 12.8. The van der Waals surface area contributed by atoms with Crippen LogP contribution >= 0.6 is 0 Å². The van der Waals surface area contributed by atoms with E-state index in [9.17, 15) is 9.90 Å². The van der Waals surface area contributed by atoms with Gasteiger partial charge in [-0.3, -0.25) is 4.79 Å². The maximum atomic E-state index is 12.6. The Labute approximate surface area is 130 Å². The van der Waals surface area contributed by atoms with E-state index in [0.29, 0.717) is 18.4 Å². The van der Waals surface area contributed by atoms with Crippen molar-refractivity contribution >= 4 is 5.78 Å². The molecule has 0 amide bonds. The molecule has 1 aromatic carbocycles. The summed E-state index contributed by atoms with van der Waals surface area (Å²) in [5, 5.41) is 9.67. The Kier molecular flexibility index (Phi) is 2.45. The number of carbonyl (C=O) groups is 1. The van der Waals surface area contributed by atoms with Gasteiger partial charge in [0.2, 0.25) is 0 Å². The molecule has 1 saturated carbocycles. The monoisotopic (exact) mass is 299 g/mol. The van der Waals surface area contributed by atoms with Crippen molar-refractivity contribution in [2.24, 2.45) is 5.92 Å². The Bertz CT molecular complexity index is 685. The van der Waals surface area contributed by atoms with Gasteiger partial charge in [0.1, 0.15) is 5.75 Å². The third-order valence-electron chi connectivity index (χ3n) is 6.66. The van der Waals surface area contributed by atoms with Crippen LogP contribution in [0, 0.1) is 5.92 Å². The Balaban J connectivity index is 1.81. The summed E-state index contributed by atoms with van der Waals surface area (Å²) in [6.07, 6.45) is 3.34. The molecule has 4 aliphatic rings. The molecule has 4 heteroatoms. The molecule has 22 heavy (non-hydrogen) atoms. The third-order valence-corrected chi connectivity index (χ3v) is 6.66. The van der Waals surface area contributed by atoms with Crippen LogP contribution in [-0.4, -0.2) is 41.5 Å². The minimum atomic E-state index is -0.316. The van der Waals surface area contributed by atoms with E-state index in [4.69, 9.17) is 4.74 Å². The minimum absolute atomic E-state index is 0.0202. The first-order chi connectivity index (χ1) is 10.7. The zero-order valence-corrected chi connectivity index (χ0v) is 12.8. The third kappa shape index (κ3) is 1.30. The Morgan fingerprint density at radius 2 is 2.32 bits per heavy atom. The largest absolute Gasteiger partial charge is 0.481 e. The van der Waals surface area contributed by atoms with Crippen LogP contribution in [0.15, 0.2) is 12.1 Å². The second kappa shape index (κ2) is 4.12. The first-order valence-electron chi connectivity index (χ1n) is 8.32. The van der Waals surface area contributed by atoms with Crippen LogP contribution in [0.3, 0.4) is 0 Å². The maximum Gasteiger partial charge on any atom is 0.174 e. The second-order valence-corrected chi connectivity index (χ2v) is 7.40. The molecule has 2 aliphatic heterocycles. The molecule has 2 aliphatic carbocycles. The van der Waals surface area contributed by atoms with E-state index in [1.165, 1.54) is 11.1 Å². The summed E-state index contributed by atoms with van der Waals surface area (Å²) in [5.41, 5.74) is 3.32. The van der Waals surface area contributed by atoms with Crippen molar-refractivity contribution in [3.05, 3.63) is 28.8 Å². The lowest BCUT2D eigenvalue weighted by Gasteiger charge is -2.57. The number of ketones is 1. The van der Waals surface area contributed by atoms with Gasteiger partial charge >= 0.3 is 0 Å². The lowest BCUT2D eigenvalue weighted by atomic mass is 9.51. The molecule has 1 N–H and O–H groups in total. The van der Waals surface area contributed by atoms with Crippen molar-refractivity contribution in [2.75, 3.05) is 13.6 Å². The number of ether oxygens (including phenoxy) is 1. The van der Waals surface area contributed by atoms with Crippen molar-refractivity contribution in [3.8, 4) is 5.75 Å². The quantitative estimate of drug-likeness (QED) is 0.852. The highest BCUT2D eigenvalue weighted by Gasteiger charge is 2.65. The van der Waals surface area contributed by atoms with Gasteiger partial charge in [0, 0.05) is 29.0 Å². The van der Waals surface area contributed by atoms with Crippen molar-refractivity contribution in [3.63, 3.8) is 0 Å². The molecule has 0 aromatic heterocycles. The molecular formula is C18H21NO3. The highest BCUT2D eigenvalue weighted by atomic mass is 16.5. The van der Waals surface area contributed by atoms with Crippen molar-refractivity contribution in [1.29, 1.82) is 0 Å². The molecule has 1 aromatic rings. The number of nitrogens with zero attached hydrogens (tertiary/aromatic N) is 1. The molecule has 2 heterocycles. The number of likely N-dealkylation sites (tertiary alicyclic amines) is 1. The molecule has 3 unspecified atom stereocenters. The zero-order chi connectivity index (χ0) is 15.1. The number of carbonyl (C=O) groups excluding carboxylic acids is 1. The van der Waals surface area contributed by atoms with Crippen LogP contribution in [-0.2, 0) is 23.2 Å². The predicted octanol–water partition coefficient (Wildman–Crippen LogP) is 1.42. The van der Waals surface area contributed by atoms with Crippen LogP contribution in [0.4, 0.5) is 0 Å². The van der Waals surface area contributed by atoms with Gasteiger partial charge in [0.25, 0.3) is 0 Å². The van der Waals surface area contributed by atoms with E-state index in [2.05, 4.69) is 18.0 Å². The van der Waals surface area contributed by atoms with Gasteiger partial charge in [0.05, 0.1) is 6.61 Å². The van der Waals surface area contributed by atoms with Crippen LogP contribution < -0.4 is 4.74 Å². The van der Waals surface area contributed by atoms with E-state index in [0.717, 1.165) is 37.1 Å². The predicted molar refractivity (Wildman–Crippen MR) is 80.9 cm³/mol. The number of likely N-dealkylation sites (N-methyl/N-ethyl adjacent to an activating group) is 1. The van der Waals surface area contributed by atoms with Crippen LogP contribution in [0.25, 0.3) is 0 Å². The van der Waals surface area contributed by atoms with Crippen LogP contribution in [0.1, 0.15) is 36.0 Å². The number of aliphatic hydroxyl groups excluding tert-OH is 1. The summed E-state index contributed by atoms with van der Waals surface area (Å²) < 4.78 is 6.22. The summed E-state index contributed by atoms with van der Waals surface area (Å²) in [6, 6.07) is 4.65. The van der Waals surface area contributed by atoms with E-state index < -0.39 is 0 Å². The SMILES string of the molecule is CN1CC[C@]23c4c5ccc(CO)c4OC2C(=O)CCC3C1C5. The van der Waals surface area contributed by atoms with Gasteiger partial charge < -0.3 is 14.7 Å². The van der Waals surface area contributed by atoms with Gasteiger partial charge in [-0.15, -0.1) is 0 Å². The van der Waals surface area contributed by atoms with Crippen LogP contribution in [0.2, 0.25) is 0 Å². The fourth-order valence-corrected chi connectivity index (χ4v) is 5.71. The number of Topliss-reactive ketones (excluding diaryl/α,β-unsaturated/α-hetero) is 1. The molecule has 4 nitrogen and oxygen atoms in total. The van der Waals surface area contributed by atoms with Crippen LogP contribution in [0.5, 0.6) is 5.75 Å². The van der Waals surface area contributed by atoms with Crippen molar-refractivity contribution in [1.82, 2.24) is 4.90 Å². The Morgan fingerprint density at radius 1 is 1.45 bits per heavy atom. The van der Waals surface area contributed by atoms with E-state index in [1.807, 2.05) is 6.07 Å². The van der Waals surface area contributed by atoms with Gasteiger partial charge in [-0.25, -0.2) is 0 Å². The normalized spacial score (nSPS) is 38.6.